The summed E-state index contributed by atoms with van der Waals surface area (Å²) in [6, 6.07) is 15.9. The van der Waals surface area contributed by atoms with Gasteiger partial charge in [-0.3, -0.25) is 4.79 Å². The third-order valence-electron chi connectivity index (χ3n) is 4.51. The van der Waals surface area contributed by atoms with Gasteiger partial charge in [-0.2, -0.15) is 0 Å². The van der Waals surface area contributed by atoms with Gasteiger partial charge in [0.05, 0.1) is 12.5 Å². The lowest BCUT2D eigenvalue weighted by molar-refractivity contribution is -0.137. The topological polar surface area (TPSA) is 38.8 Å². The number of amides is 1. The van der Waals surface area contributed by atoms with Gasteiger partial charge < -0.3 is 14.4 Å². The van der Waals surface area contributed by atoms with Gasteiger partial charge in [-0.1, -0.05) is 30.3 Å². The molecule has 1 heterocycles. The molecular weight excluding hydrogens is 314 g/mol. The van der Waals surface area contributed by atoms with Crippen LogP contribution in [0.5, 0.6) is 11.5 Å². The van der Waals surface area contributed by atoms with E-state index in [1.54, 1.807) is 0 Å². The second-order valence-electron chi connectivity index (χ2n) is 6.25. The number of benzene rings is 2. The highest BCUT2D eigenvalue weighted by molar-refractivity contribution is 5.79. The zero-order chi connectivity index (χ0) is 17.6. The van der Waals surface area contributed by atoms with Gasteiger partial charge in [0, 0.05) is 13.1 Å². The fourth-order valence-electron chi connectivity index (χ4n) is 3.19. The lowest BCUT2D eigenvalue weighted by Crippen LogP contribution is -2.40. The maximum Gasteiger partial charge on any atom is 0.229 e. The van der Waals surface area contributed by atoms with Gasteiger partial charge in [-0.05, 0) is 49.6 Å². The molecule has 2 aromatic carbocycles. The number of carbonyl (C=O) groups is 1. The molecule has 0 N–H and O–H groups in total. The Labute approximate surface area is 149 Å². The highest BCUT2D eigenvalue weighted by Gasteiger charge is 2.29. The lowest BCUT2D eigenvalue weighted by atomic mass is 9.95. The molecule has 1 aliphatic rings. The van der Waals surface area contributed by atoms with Crippen LogP contribution in [-0.2, 0) is 17.8 Å². The number of carbonyl (C=O) groups excluding carboxylic acids is 1. The summed E-state index contributed by atoms with van der Waals surface area (Å²) < 4.78 is 11.4. The minimum absolute atomic E-state index is 0.145. The van der Waals surface area contributed by atoms with E-state index >= 15 is 0 Å². The zero-order valence-corrected chi connectivity index (χ0v) is 14.9. The van der Waals surface area contributed by atoms with Crippen LogP contribution in [0.3, 0.4) is 0 Å². The molecule has 1 unspecified atom stereocenters. The standard InChI is InChI=1S/C21H25NO3/c1-3-22(14-16-8-6-5-7-9-16)21(23)18-12-17-13-19(24-4-2)10-11-20(17)25-15-18/h5-11,13,18H,3-4,12,14-15H2,1-2H3. The van der Waals surface area contributed by atoms with Crippen molar-refractivity contribution in [1.29, 1.82) is 0 Å². The smallest absolute Gasteiger partial charge is 0.229 e. The molecule has 1 aliphatic heterocycles. The third kappa shape index (κ3) is 4.13. The largest absolute Gasteiger partial charge is 0.494 e. The van der Waals surface area contributed by atoms with Crippen molar-refractivity contribution in [3.8, 4) is 11.5 Å². The summed E-state index contributed by atoms with van der Waals surface area (Å²) in [5.74, 6) is 1.69. The number of ether oxygens (including phenoxy) is 2. The SMILES string of the molecule is CCOc1ccc2c(c1)CC(C(=O)N(CC)Cc1ccccc1)CO2. The molecule has 1 atom stereocenters. The molecule has 0 saturated carbocycles. The van der Waals surface area contributed by atoms with E-state index in [1.807, 2.05) is 55.1 Å². The molecule has 0 fully saturated rings. The Morgan fingerprint density at radius 3 is 2.72 bits per heavy atom. The van der Waals surface area contributed by atoms with Crippen LogP contribution in [0.15, 0.2) is 48.5 Å². The summed E-state index contributed by atoms with van der Waals surface area (Å²) >= 11 is 0. The highest BCUT2D eigenvalue weighted by Crippen LogP contribution is 2.31. The number of hydrogen-bond donors (Lipinski definition) is 0. The number of nitrogens with zero attached hydrogens (tertiary/aromatic N) is 1. The first-order valence-electron chi connectivity index (χ1n) is 8.92. The normalized spacial score (nSPS) is 15.8. The van der Waals surface area contributed by atoms with Gasteiger partial charge in [0.1, 0.15) is 18.1 Å². The average Bonchev–Trinajstić information content (AvgIpc) is 2.66. The Balaban J connectivity index is 1.71. The Bertz CT molecular complexity index is 714. The van der Waals surface area contributed by atoms with Crippen molar-refractivity contribution in [2.75, 3.05) is 19.8 Å². The Hall–Kier alpha value is -2.49. The highest BCUT2D eigenvalue weighted by atomic mass is 16.5. The van der Waals surface area contributed by atoms with Crippen molar-refractivity contribution in [1.82, 2.24) is 4.90 Å². The Morgan fingerprint density at radius 2 is 2.00 bits per heavy atom. The number of fused-ring (bicyclic) bond motifs is 1. The maximum atomic E-state index is 13.0. The minimum atomic E-state index is -0.145. The fourth-order valence-corrected chi connectivity index (χ4v) is 3.19. The van der Waals surface area contributed by atoms with E-state index in [0.29, 0.717) is 32.7 Å². The zero-order valence-electron chi connectivity index (χ0n) is 14.9. The van der Waals surface area contributed by atoms with E-state index < -0.39 is 0 Å². The summed E-state index contributed by atoms with van der Waals surface area (Å²) in [6.45, 7) is 6.37. The molecule has 0 aliphatic carbocycles. The molecule has 4 nitrogen and oxygen atoms in total. The Morgan fingerprint density at radius 1 is 1.20 bits per heavy atom. The van der Waals surface area contributed by atoms with Crippen LogP contribution in [0.25, 0.3) is 0 Å². The monoisotopic (exact) mass is 339 g/mol. The Kier molecular flexibility index (Phi) is 5.59. The molecule has 0 bridgehead atoms. The molecule has 3 rings (SSSR count). The number of hydrogen-bond acceptors (Lipinski definition) is 3. The van der Waals surface area contributed by atoms with Crippen LogP contribution < -0.4 is 9.47 Å². The van der Waals surface area contributed by atoms with Crippen LogP contribution >= 0.6 is 0 Å². The van der Waals surface area contributed by atoms with Crippen molar-refractivity contribution >= 4 is 5.91 Å². The molecule has 0 spiro atoms. The summed E-state index contributed by atoms with van der Waals surface area (Å²) in [6.07, 6.45) is 0.695. The van der Waals surface area contributed by atoms with Crippen LogP contribution in [-0.4, -0.2) is 30.6 Å². The summed E-state index contributed by atoms with van der Waals surface area (Å²) in [7, 11) is 0. The van der Waals surface area contributed by atoms with Gasteiger partial charge in [0.25, 0.3) is 0 Å². The molecule has 1 amide bonds. The van der Waals surface area contributed by atoms with Crippen molar-refractivity contribution in [2.24, 2.45) is 5.92 Å². The van der Waals surface area contributed by atoms with Crippen LogP contribution in [0.2, 0.25) is 0 Å². The van der Waals surface area contributed by atoms with Gasteiger partial charge >= 0.3 is 0 Å². The van der Waals surface area contributed by atoms with Gasteiger partial charge in [0.15, 0.2) is 0 Å². The van der Waals surface area contributed by atoms with Gasteiger partial charge in [-0.15, -0.1) is 0 Å². The van der Waals surface area contributed by atoms with Crippen LogP contribution in [0.4, 0.5) is 0 Å². The summed E-state index contributed by atoms with van der Waals surface area (Å²) in [4.78, 5) is 14.9. The molecule has 0 radical (unpaired) electrons. The fraction of sp³-hybridized carbons (Fsp3) is 0.381. The molecule has 0 aromatic heterocycles. The van der Waals surface area contributed by atoms with Crippen molar-refractivity contribution < 1.29 is 14.3 Å². The molecule has 2 aromatic rings. The van der Waals surface area contributed by atoms with Crippen molar-refractivity contribution in [3.63, 3.8) is 0 Å². The van der Waals surface area contributed by atoms with Crippen molar-refractivity contribution in [2.45, 2.75) is 26.8 Å². The second kappa shape index (κ2) is 8.06. The van der Waals surface area contributed by atoms with Crippen LogP contribution in [0, 0.1) is 5.92 Å². The first-order chi connectivity index (χ1) is 12.2. The van der Waals surface area contributed by atoms with Crippen LogP contribution in [0.1, 0.15) is 25.0 Å². The van der Waals surface area contributed by atoms with E-state index in [9.17, 15) is 4.79 Å². The molecule has 4 heteroatoms. The van der Waals surface area contributed by atoms with Crippen molar-refractivity contribution in [3.05, 3.63) is 59.7 Å². The first kappa shape index (κ1) is 17.3. The van der Waals surface area contributed by atoms with Gasteiger partial charge in [-0.25, -0.2) is 0 Å². The third-order valence-corrected chi connectivity index (χ3v) is 4.51. The predicted octanol–water partition coefficient (Wildman–Crippen LogP) is 3.69. The average molecular weight is 339 g/mol. The van der Waals surface area contributed by atoms with E-state index in [0.717, 1.165) is 22.6 Å². The predicted molar refractivity (Wildman–Crippen MR) is 97.8 cm³/mol. The van der Waals surface area contributed by atoms with E-state index in [2.05, 4.69) is 12.1 Å². The quantitative estimate of drug-likeness (QED) is 0.806. The molecule has 132 valence electrons. The molecular formula is C21H25NO3. The minimum Gasteiger partial charge on any atom is -0.494 e. The summed E-state index contributed by atoms with van der Waals surface area (Å²) in [5, 5.41) is 0. The second-order valence-corrected chi connectivity index (χ2v) is 6.25. The number of rotatable bonds is 6. The van der Waals surface area contributed by atoms with E-state index in [-0.39, 0.29) is 11.8 Å². The lowest BCUT2D eigenvalue weighted by Gasteiger charge is -2.30. The maximum absolute atomic E-state index is 13.0. The molecule has 25 heavy (non-hydrogen) atoms. The molecule has 0 saturated heterocycles. The van der Waals surface area contributed by atoms with E-state index in [4.69, 9.17) is 9.47 Å². The summed E-state index contributed by atoms with van der Waals surface area (Å²) in [5.41, 5.74) is 2.19. The first-order valence-corrected chi connectivity index (χ1v) is 8.92. The van der Waals surface area contributed by atoms with E-state index in [1.165, 1.54) is 0 Å². The van der Waals surface area contributed by atoms with Gasteiger partial charge in [0.2, 0.25) is 5.91 Å².